The van der Waals surface area contributed by atoms with Crippen LogP contribution < -0.4 is 20.1 Å². The fourth-order valence-corrected chi connectivity index (χ4v) is 2.50. The summed E-state index contributed by atoms with van der Waals surface area (Å²) in [5.41, 5.74) is 2.25. The van der Waals surface area contributed by atoms with Gasteiger partial charge in [0.05, 0.1) is 19.3 Å². The molecule has 0 unspecified atom stereocenters. The van der Waals surface area contributed by atoms with Crippen molar-refractivity contribution < 1.29 is 28.6 Å². The first-order chi connectivity index (χ1) is 14.3. The van der Waals surface area contributed by atoms with Gasteiger partial charge < -0.3 is 24.8 Å². The number of esters is 1. The first kappa shape index (κ1) is 23.0. The number of carbonyl (C=O) groups is 3. The molecule has 0 heterocycles. The van der Waals surface area contributed by atoms with Crippen molar-refractivity contribution in [2.45, 2.75) is 13.8 Å². The van der Waals surface area contributed by atoms with Gasteiger partial charge >= 0.3 is 5.97 Å². The molecule has 0 saturated heterocycles. The summed E-state index contributed by atoms with van der Waals surface area (Å²) in [6.07, 6.45) is 0. The number of aryl methyl sites for hydroxylation is 2. The molecule has 2 aromatic rings. The monoisotopic (exact) mass is 434 g/mol. The Hall–Kier alpha value is -3.26. The van der Waals surface area contributed by atoms with Crippen LogP contribution in [0, 0.1) is 13.8 Å². The standard InChI is InChI=1S/C21H23ClN2O6/c1-13-4-7-18(28-3)17(8-13)24-19(25)10-23-20(26)11-30-21(27)12-29-15-5-6-16(22)14(2)9-15/h4-9H,10-12H2,1-3H3,(H,23,26)(H,24,25). The highest BCUT2D eigenvalue weighted by Gasteiger charge is 2.12. The van der Waals surface area contributed by atoms with Gasteiger partial charge in [-0.25, -0.2) is 4.79 Å². The molecule has 0 aliphatic rings. The fraction of sp³-hybridized carbons (Fsp3) is 0.286. The zero-order chi connectivity index (χ0) is 22.1. The summed E-state index contributed by atoms with van der Waals surface area (Å²) >= 11 is 5.92. The first-order valence-corrected chi connectivity index (χ1v) is 9.42. The number of methoxy groups -OCH3 is 1. The Kier molecular flexibility index (Phi) is 8.49. The topological polar surface area (TPSA) is 103 Å². The third-order valence-electron chi connectivity index (χ3n) is 3.93. The van der Waals surface area contributed by atoms with E-state index in [-0.39, 0.29) is 13.2 Å². The van der Waals surface area contributed by atoms with Crippen molar-refractivity contribution in [2.24, 2.45) is 0 Å². The molecular weight excluding hydrogens is 412 g/mol. The summed E-state index contributed by atoms with van der Waals surface area (Å²) in [7, 11) is 1.49. The SMILES string of the molecule is COc1ccc(C)cc1NC(=O)CNC(=O)COC(=O)COc1ccc(Cl)c(C)c1. The lowest BCUT2D eigenvalue weighted by Crippen LogP contribution is -2.36. The minimum atomic E-state index is -0.716. The van der Waals surface area contributed by atoms with E-state index in [2.05, 4.69) is 10.6 Å². The zero-order valence-electron chi connectivity index (χ0n) is 16.9. The van der Waals surface area contributed by atoms with Gasteiger partial charge in [-0.05, 0) is 55.3 Å². The molecule has 2 rings (SSSR count). The quantitative estimate of drug-likeness (QED) is 0.588. The van der Waals surface area contributed by atoms with Gasteiger partial charge in [0.1, 0.15) is 11.5 Å². The van der Waals surface area contributed by atoms with Crippen LogP contribution in [0.25, 0.3) is 0 Å². The molecule has 0 saturated carbocycles. The average Bonchev–Trinajstić information content (AvgIpc) is 2.71. The summed E-state index contributed by atoms with van der Waals surface area (Å²) in [5.74, 6) is -0.810. The third-order valence-corrected chi connectivity index (χ3v) is 4.35. The van der Waals surface area contributed by atoms with Crippen LogP contribution in [0.2, 0.25) is 5.02 Å². The molecule has 0 fully saturated rings. The highest BCUT2D eigenvalue weighted by Crippen LogP contribution is 2.25. The highest BCUT2D eigenvalue weighted by molar-refractivity contribution is 6.31. The van der Waals surface area contributed by atoms with E-state index in [1.54, 1.807) is 30.3 Å². The van der Waals surface area contributed by atoms with Crippen molar-refractivity contribution in [2.75, 3.05) is 32.2 Å². The minimum Gasteiger partial charge on any atom is -0.495 e. The van der Waals surface area contributed by atoms with Crippen LogP contribution in [0.3, 0.4) is 0 Å². The van der Waals surface area contributed by atoms with Crippen molar-refractivity contribution in [3.05, 3.63) is 52.5 Å². The van der Waals surface area contributed by atoms with Crippen LogP contribution in [-0.4, -0.2) is 44.7 Å². The number of anilines is 1. The molecule has 8 nitrogen and oxygen atoms in total. The lowest BCUT2D eigenvalue weighted by Gasteiger charge is -2.11. The van der Waals surface area contributed by atoms with Gasteiger partial charge in [0.2, 0.25) is 5.91 Å². The fourth-order valence-electron chi connectivity index (χ4n) is 2.38. The molecule has 160 valence electrons. The van der Waals surface area contributed by atoms with Crippen LogP contribution in [0.1, 0.15) is 11.1 Å². The molecule has 2 N–H and O–H groups in total. The molecular formula is C21H23ClN2O6. The molecule has 0 spiro atoms. The van der Waals surface area contributed by atoms with Crippen LogP contribution >= 0.6 is 11.6 Å². The summed E-state index contributed by atoms with van der Waals surface area (Å²) in [4.78, 5) is 35.5. The number of nitrogens with one attached hydrogen (secondary N) is 2. The normalized spacial score (nSPS) is 10.1. The van der Waals surface area contributed by atoms with E-state index in [1.165, 1.54) is 7.11 Å². The van der Waals surface area contributed by atoms with Gasteiger partial charge in [-0.2, -0.15) is 0 Å². The molecule has 2 amide bonds. The Bertz CT molecular complexity index is 932. The number of hydrogen-bond donors (Lipinski definition) is 2. The molecule has 0 aromatic heterocycles. The van der Waals surface area contributed by atoms with Gasteiger partial charge in [0.15, 0.2) is 13.2 Å². The van der Waals surface area contributed by atoms with Gasteiger partial charge in [-0.3, -0.25) is 9.59 Å². The van der Waals surface area contributed by atoms with Crippen molar-refractivity contribution in [3.8, 4) is 11.5 Å². The Morgan fingerprint density at radius 1 is 1.00 bits per heavy atom. The lowest BCUT2D eigenvalue weighted by molar-refractivity contribution is -0.150. The molecule has 0 radical (unpaired) electrons. The van der Waals surface area contributed by atoms with E-state index in [0.717, 1.165) is 11.1 Å². The third kappa shape index (κ3) is 7.29. The smallest absolute Gasteiger partial charge is 0.344 e. The molecule has 0 aliphatic heterocycles. The van der Waals surface area contributed by atoms with Crippen molar-refractivity contribution in [1.29, 1.82) is 0 Å². The number of ether oxygens (including phenoxy) is 3. The first-order valence-electron chi connectivity index (χ1n) is 9.04. The van der Waals surface area contributed by atoms with E-state index in [9.17, 15) is 14.4 Å². The minimum absolute atomic E-state index is 0.284. The molecule has 9 heteroatoms. The maximum absolute atomic E-state index is 12.0. The number of benzene rings is 2. The molecule has 0 atom stereocenters. The second kappa shape index (κ2) is 11.1. The largest absolute Gasteiger partial charge is 0.495 e. The molecule has 0 bridgehead atoms. The van der Waals surface area contributed by atoms with Crippen molar-refractivity contribution in [3.63, 3.8) is 0 Å². The average molecular weight is 435 g/mol. The number of hydrogen-bond acceptors (Lipinski definition) is 6. The summed E-state index contributed by atoms with van der Waals surface area (Å²) in [5, 5.41) is 5.62. The summed E-state index contributed by atoms with van der Waals surface area (Å²) in [6, 6.07) is 10.3. The lowest BCUT2D eigenvalue weighted by atomic mass is 10.2. The summed E-state index contributed by atoms with van der Waals surface area (Å²) in [6.45, 7) is 2.52. The molecule has 0 aliphatic carbocycles. The highest BCUT2D eigenvalue weighted by atomic mass is 35.5. The van der Waals surface area contributed by atoms with Gasteiger partial charge in [-0.15, -0.1) is 0 Å². The molecule has 2 aromatic carbocycles. The van der Waals surface area contributed by atoms with E-state index < -0.39 is 24.4 Å². The zero-order valence-corrected chi connectivity index (χ0v) is 17.7. The maximum Gasteiger partial charge on any atom is 0.344 e. The number of halogens is 1. The predicted octanol–water partition coefficient (Wildman–Crippen LogP) is 2.64. The summed E-state index contributed by atoms with van der Waals surface area (Å²) < 4.78 is 15.3. The van der Waals surface area contributed by atoms with Crippen LogP contribution in [0.4, 0.5) is 5.69 Å². The van der Waals surface area contributed by atoms with Gasteiger partial charge in [0.25, 0.3) is 5.91 Å². The second-order valence-electron chi connectivity index (χ2n) is 6.39. The number of rotatable bonds is 9. The Morgan fingerprint density at radius 3 is 2.47 bits per heavy atom. The maximum atomic E-state index is 12.0. The Balaban J connectivity index is 1.70. The van der Waals surface area contributed by atoms with E-state index >= 15 is 0 Å². The Morgan fingerprint density at radius 2 is 1.77 bits per heavy atom. The van der Waals surface area contributed by atoms with E-state index in [0.29, 0.717) is 22.2 Å². The molecule has 30 heavy (non-hydrogen) atoms. The van der Waals surface area contributed by atoms with E-state index in [1.807, 2.05) is 19.9 Å². The van der Waals surface area contributed by atoms with E-state index in [4.69, 9.17) is 25.8 Å². The second-order valence-corrected chi connectivity index (χ2v) is 6.80. The van der Waals surface area contributed by atoms with Gasteiger partial charge in [0, 0.05) is 5.02 Å². The van der Waals surface area contributed by atoms with Crippen LogP contribution in [0.5, 0.6) is 11.5 Å². The van der Waals surface area contributed by atoms with Gasteiger partial charge in [-0.1, -0.05) is 17.7 Å². The number of amides is 2. The van der Waals surface area contributed by atoms with Crippen molar-refractivity contribution in [1.82, 2.24) is 5.32 Å². The van der Waals surface area contributed by atoms with Crippen molar-refractivity contribution >= 4 is 35.1 Å². The predicted molar refractivity (Wildman–Crippen MR) is 112 cm³/mol. The van der Waals surface area contributed by atoms with Crippen LogP contribution in [0.15, 0.2) is 36.4 Å². The van der Waals surface area contributed by atoms with Crippen LogP contribution in [-0.2, 0) is 19.1 Å². The number of carbonyl (C=O) groups excluding carboxylic acids is 3. The Labute approximate surface area is 179 Å².